The van der Waals surface area contributed by atoms with Gasteiger partial charge in [0.05, 0.1) is 0 Å². The Bertz CT molecular complexity index is 1140. The fourth-order valence-corrected chi connectivity index (χ4v) is 4.27. The Kier molecular flexibility index (Phi) is 9.95. The molecular formula is C30H35ClN2O3. The van der Waals surface area contributed by atoms with E-state index in [1.54, 1.807) is 11.0 Å². The van der Waals surface area contributed by atoms with Crippen molar-refractivity contribution in [1.82, 2.24) is 10.2 Å². The Labute approximate surface area is 219 Å². The molecule has 3 aromatic rings. The standard InChI is InChI=1S/C30H35ClN2O3/c1-21(2)18-32-30(35)28(17-24-9-6-5-7-10-24)33(19-25-11-8-12-26(31)16-25)29(34)20-36-27-14-22(3)13-23(4)15-27/h5-16,21,28H,17-20H2,1-4H3,(H,32,35)/t28-/m0/s1. The predicted octanol–water partition coefficient (Wildman–Crippen LogP) is 5.75. The van der Waals surface area contributed by atoms with Crippen molar-refractivity contribution in [2.45, 2.75) is 46.7 Å². The second-order valence-electron chi connectivity index (χ2n) is 9.61. The van der Waals surface area contributed by atoms with E-state index in [2.05, 4.69) is 11.4 Å². The third-order valence-corrected chi connectivity index (χ3v) is 5.99. The van der Waals surface area contributed by atoms with Crippen molar-refractivity contribution in [2.24, 2.45) is 5.92 Å². The van der Waals surface area contributed by atoms with Crippen molar-refractivity contribution in [2.75, 3.05) is 13.2 Å². The molecule has 0 radical (unpaired) electrons. The summed E-state index contributed by atoms with van der Waals surface area (Å²) >= 11 is 6.23. The molecule has 0 saturated carbocycles. The smallest absolute Gasteiger partial charge is 0.261 e. The van der Waals surface area contributed by atoms with Gasteiger partial charge in [-0.25, -0.2) is 0 Å². The van der Waals surface area contributed by atoms with Gasteiger partial charge < -0.3 is 15.0 Å². The Morgan fingerprint density at radius 2 is 1.58 bits per heavy atom. The number of nitrogens with zero attached hydrogens (tertiary/aromatic N) is 1. The number of carbonyl (C=O) groups is 2. The molecule has 0 aliphatic carbocycles. The molecule has 0 aliphatic rings. The Morgan fingerprint density at radius 1 is 0.917 bits per heavy atom. The van der Waals surface area contributed by atoms with Gasteiger partial charge in [-0.15, -0.1) is 0 Å². The van der Waals surface area contributed by atoms with Crippen LogP contribution < -0.4 is 10.1 Å². The van der Waals surface area contributed by atoms with Gasteiger partial charge in [-0.3, -0.25) is 9.59 Å². The molecule has 0 spiro atoms. The highest BCUT2D eigenvalue weighted by molar-refractivity contribution is 6.30. The summed E-state index contributed by atoms with van der Waals surface area (Å²) in [4.78, 5) is 28.7. The topological polar surface area (TPSA) is 58.6 Å². The van der Waals surface area contributed by atoms with E-state index in [-0.39, 0.29) is 30.9 Å². The fraction of sp³-hybridized carbons (Fsp3) is 0.333. The molecule has 5 nitrogen and oxygen atoms in total. The van der Waals surface area contributed by atoms with E-state index in [1.807, 2.05) is 88.4 Å². The lowest BCUT2D eigenvalue weighted by atomic mass is 10.0. The van der Waals surface area contributed by atoms with Crippen molar-refractivity contribution in [1.29, 1.82) is 0 Å². The summed E-state index contributed by atoms with van der Waals surface area (Å²) in [6, 6.07) is 22.2. The molecule has 0 bridgehead atoms. The van der Waals surface area contributed by atoms with E-state index >= 15 is 0 Å². The van der Waals surface area contributed by atoms with Gasteiger partial charge in [-0.1, -0.05) is 74.0 Å². The Balaban J connectivity index is 1.91. The van der Waals surface area contributed by atoms with E-state index in [0.717, 1.165) is 22.3 Å². The zero-order valence-electron chi connectivity index (χ0n) is 21.5. The molecule has 1 N–H and O–H groups in total. The van der Waals surface area contributed by atoms with Gasteiger partial charge in [-0.05, 0) is 66.3 Å². The van der Waals surface area contributed by atoms with Gasteiger partial charge in [0.25, 0.3) is 5.91 Å². The molecule has 3 rings (SSSR count). The summed E-state index contributed by atoms with van der Waals surface area (Å²) in [6.45, 7) is 8.65. The highest BCUT2D eigenvalue weighted by atomic mass is 35.5. The van der Waals surface area contributed by atoms with Crippen LogP contribution in [0.1, 0.15) is 36.1 Å². The van der Waals surface area contributed by atoms with Crippen LogP contribution in [-0.2, 0) is 22.6 Å². The average molecular weight is 507 g/mol. The third-order valence-electron chi connectivity index (χ3n) is 5.76. The summed E-state index contributed by atoms with van der Waals surface area (Å²) in [7, 11) is 0. The van der Waals surface area contributed by atoms with Crippen LogP contribution in [0, 0.1) is 19.8 Å². The van der Waals surface area contributed by atoms with Crippen molar-refractivity contribution in [3.8, 4) is 5.75 Å². The zero-order valence-corrected chi connectivity index (χ0v) is 22.2. The van der Waals surface area contributed by atoms with E-state index in [9.17, 15) is 9.59 Å². The average Bonchev–Trinajstić information content (AvgIpc) is 2.83. The normalized spacial score (nSPS) is 11.7. The lowest BCUT2D eigenvalue weighted by Crippen LogP contribution is -2.52. The maximum absolute atomic E-state index is 13.6. The van der Waals surface area contributed by atoms with Gasteiger partial charge in [-0.2, -0.15) is 0 Å². The SMILES string of the molecule is Cc1cc(C)cc(OCC(=O)N(Cc2cccc(Cl)c2)[C@@H](Cc2ccccc2)C(=O)NCC(C)C)c1. The summed E-state index contributed by atoms with van der Waals surface area (Å²) in [5, 5.41) is 3.60. The maximum Gasteiger partial charge on any atom is 0.261 e. The molecule has 0 unspecified atom stereocenters. The number of amides is 2. The minimum atomic E-state index is -0.708. The Morgan fingerprint density at radius 3 is 2.22 bits per heavy atom. The molecular weight excluding hydrogens is 472 g/mol. The molecule has 0 heterocycles. The van der Waals surface area contributed by atoms with Gasteiger partial charge >= 0.3 is 0 Å². The van der Waals surface area contributed by atoms with Gasteiger partial charge in [0.2, 0.25) is 5.91 Å². The molecule has 6 heteroatoms. The number of halogens is 1. The first-order valence-electron chi connectivity index (χ1n) is 12.3. The zero-order chi connectivity index (χ0) is 26.1. The van der Waals surface area contributed by atoms with Crippen LogP contribution in [0.5, 0.6) is 5.75 Å². The summed E-state index contributed by atoms with van der Waals surface area (Å²) in [6.07, 6.45) is 0.390. The molecule has 3 aromatic carbocycles. The molecule has 0 saturated heterocycles. The molecule has 36 heavy (non-hydrogen) atoms. The molecule has 0 aromatic heterocycles. The number of ether oxygens (including phenoxy) is 1. The van der Waals surface area contributed by atoms with Crippen molar-refractivity contribution < 1.29 is 14.3 Å². The summed E-state index contributed by atoms with van der Waals surface area (Å²) in [5.41, 5.74) is 3.93. The maximum atomic E-state index is 13.6. The van der Waals surface area contributed by atoms with Crippen LogP contribution in [0.25, 0.3) is 0 Å². The fourth-order valence-electron chi connectivity index (χ4n) is 4.05. The van der Waals surface area contributed by atoms with Crippen LogP contribution in [0.3, 0.4) is 0 Å². The van der Waals surface area contributed by atoms with E-state index < -0.39 is 6.04 Å². The lowest BCUT2D eigenvalue weighted by Gasteiger charge is -2.31. The highest BCUT2D eigenvalue weighted by Crippen LogP contribution is 2.20. The number of hydrogen-bond acceptors (Lipinski definition) is 3. The van der Waals surface area contributed by atoms with Crippen LogP contribution in [0.15, 0.2) is 72.8 Å². The van der Waals surface area contributed by atoms with Crippen molar-refractivity contribution in [3.63, 3.8) is 0 Å². The molecule has 2 amide bonds. The second kappa shape index (κ2) is 13.1. The largest absolute Gasteiger partial charge is 0.484 e. The summed E-state index contributed by atoms with van der Waals surface area (Å²) in [5.74, 6) is 0.466. The van der Waals surface area contributed by atoms with E-state index in [4.69, 9.17) is 16.3 Å². The molecule has 1 atom stereocenters. The van der Waals surface area contributed by atoms with Gasteiger partial charge in [0, 0.05) is 24.5 Å². The van der Waals surface area contributed by atoms with Crippen molar-refractivity contribution >= 4 is 23.4 Å². The second-order valence-corrected chi connectivity index (χ2v) is 10.0. The monoisotopic (exact) mass is 506 g/mol. The predicted molar refractivity (Wildman–Crippen MR) is 145 cm³/mol. The van der Waals surface area contributed by atoms with Crippen LogP contribution in [0.4, 0.5) is 0 Å². The Hall–Kier alpha value is -3.31. The minimum Gasteiger partial charge on any atom is -0.484 e. The van der Waals surface area contributed by atoms with E-state index in [1.165, 1.54) is 0 Å². The van der Waals surface area contributed by atoms with Gasteiger partial charge in [0.15, 0.2) is 6.61 Å². The van der Waals surface area contributed by atoms with Crippen LogP contribution >= 0.6 is 11.6 Å². The number of hydrogen-bond donors (Lipinski definition) is 1. The van der Waals surface area contributed by atoms with E-state index in [0.29, 0.717) is 23.7 Å². The van der Waals surface area contributed by atoms with Gasteiger partial charge in [0.1, 0.15) is 11.8 Å². The molecule has 0 fully saturated rings. The minimum absolute atomic E-state index is 0.174. The third kappa shape index (κ3) is 8.42. The summed E-state index contributed by atoms with van der Waals surface area (Å²) < 4.78 is 5.90. The molecule has 0 aliphatic heterocycles. The lowest BCUT2D eigenvalue weighted by molar-refractivity contribution is -0.142. The first-order chi connectivity index (χ1) is 17.2. The first-order valence-corrected chi connectivity index (χ1v) is 12.7. The molecule has 190 valence electrons. The van der Waals surface area contributed by atoms with Crippen LogP contribution in [-0.4, -0.2) is 35.9 Å². The highest BCUT2D eigenvalue weighted by Gasteiger charge is 2.30. The number of rotatable bonds is 11. The first kappa shape index (κ1) is 27.3. The number of nitrogens with one attached hydrogen (secondary N) is 1. The number of benzene rings is 3. The quantitative estimate of drug-likeness (QED) is 0.360. The van der Waals surface area contributed by atoms with Crippen molar-refractivity contribution in [3.05, 3.63) is 100 Å². The van der Waals surface area contributed by atoms with Crippen LogP contribution in [0.2, 0.25) is 5.02 Å². The number of aryl methyl sites for hydroxylation is 2. The number of carbonyl (C=O) groups excluding carboxylic acids is 2.